The number of nitrogens with zero attached hydrogens (tertiary/aromatic N) is 1. The van der Waals surface area contributed by atoms with Crippen LogP contribution in [0.1, 0.15) is 12.0 Å². The minimum Gasteiger partial charge on any atom is -0.481 e. The van der Waals surface area contributed by atoms with Crippen LogP contribution in [0.25, 0.3) is 0 Å². The fourth-order valence-corrected chi connectivity index (χ4v) is 1.17. The maximum absolute atomic E-state index is 11.2. The van der Waals surface area contributed by atoms with E-state index in [-0.39, 0.29) is 6.42 Å². The molecule has 0 aliphatic carbocycles. The van der Waals surface area contributed by atoms with Gasteiger partial charge in [0.05, 0.1) is 0 Å². The van der Waals surface area contributed by atoms with Crippen molar-refractivity contribution in [2.45, 2.75) is 12.8 Å². The highest BCUT2D eigenvalue weighted by molar-refractivity contribution is 5.70. The summed E-state index contributed by atoms with van der Waals surface area (Å²) in [4.78, 5) is 23.0. The highest BCUT2D eigenvalue weighted by Crippen LogP contribution is 2.14. The summed E-state index contributed by atoms with van der Waals surface area (Å²) in [7, 11) is 3.20. The third-order valence-electron chi connectivity index (χ3n) is 2.12. The number of carbonyl (C=O) groups is 2. The fraction of sp³-hybridized carbons (Fsp3) is 0.333. The van der Waals surface area contributed by atoms with Gasteiger partial charge in [0.2, 0.25) is 0 Å². The number of amides is 1. The molecule has 0 heterocycles. The Morgan fingerprint density at radius 3 is 2.29 bits per heavy atom. The fourth-order valence-electron chi connectivity index (χ4n) is 1.17. The number of hydrogen-bond donors (Lipinski definition) is 1. The summed E-state index contributed by atoms with van der Waals surface area (Å²) in [5.74, 6) is -0.379. The van der Waals surface area contributed by atoms with Gasteiger partial charge in [-0.1, -0.05) is 12.1 Å². The molecule has 1 aromatic carbocycles. The molecular formula is C12H15NO4. The predicted molar refractivity (Wildman–Crippen MR) is 62.1 cm³/mol. The highest BCUT2D eigenvalue weighted by atomic mass is 16.6. The second-order valence-corrected chi connectivity index (χ2v) is 3.80. The van der Waals surface area contributed by atoms with E-state index in [1.807, 2.05) is 0 Å². The lowest BCUT2D eigenvalue weighted by atomic mass is 10.1. The molecule has 0 saturated carbocycles. The highest BCUT2D eigenvalue weighted by Gasteiger charge is 2.06. The van der Waals surface area contributed by atoms with E-state index >= 15 is 0 Å². The van der Waals surface area contributed by atoms with Crippen LogP contribution >= 0.6 is 0 Å². The average Bonchev–Trinajstić information content (AvgIpc) is 2.28. The molecule has 0 aliphatic heterocycles. The van der Waals surface area contributed by atoms with Gasteiger partial charge >= 0.3 is 12.1 Å². The first-order valence-corrected chi connectivity index (χ1v) is 5.19. The lowest BCUT2D eigenvalue weighted by Gasteiger charge is -2.10. The van der Waals surface area contributed by atoms with Gasteiger partial charge in [-0.25, -0.2) is 4.79 Å². The van der Waals surface area contributed by atoms with Gasteiger partial charge in [-0.3, -0.25) is 4.79 Å². The van der Waals surface area contributed by atoms with Crippen LogP contribution in [0.15, 0.2) is 24.3 Å². The zero-order chi connectivity index (χ0) is 12.8. The van der Waals surface area contributed by atoms with Crippen LogP contribution in [0.3, 0.4) is 0 Å². The SMILES string of the molecule is CN(C)C(=O)Oc1ccc(CCC(=O)O)cc1. The Morgan fingerprint density at radius 1 is 1.24 bits per heavy atom. The Kier molecular flexibility index (Phi) is 4.51. The van der Waals surface area contributed by atoms with E-state index in [0.717, 1.165) is 5.56 Å². The second kappa shape index (κ2) is 5.89. The first-order valence-electron chi connectivity index (χ1n) is 5.19. The number of carboxylic acids is 1. The number of aryl methyl sites for hydroxylation is 1. The van der Waals surface area contributed by atoms with E-state index in [1.54, 1.807) is 38.4 Å². The average molecular weight is 237 g/mol. The van der Waals surface area contributed by atoms with E-state index in [2.05, 4.69) is 0 Å². The molecular weight excluding hydrogens is 222 g/mol. The van der Waals surface area contributed by atoms with Crippen LogP contribution < -0.4 is 4.74 Å². The lowest BCUT2D eigenvalue weighted by Crippen LogP contribution is -2.25. The van der Waals surface area contributed by atoms with Crippen LogP contribution in [0.2, 0.25) is 0 Å². The van der Waals surface area contributed by atoms with Crippen molar-refractivity contribution in [3.8, 4) is 5.75 Å². The Balaban J connectivity index is 2.56. The number of hydrogen-bond acceptors (Lipinski definition) is 3. The molecule has 1 amide bonds. The molecule has 0 bridgehead atoms. The standard InChI is InChI=1S/C12H15NO4/c1-13(2)12(16)17-10-6-3-9(4-7-10)5-8-11(14)15/h3-4,6-7H,5,8H2,1-2H3,(H,14,15). The molecule has 5 nitrogen and oxygen atoms in total. The maximum atomic E-state index is 11.2. The maximum Gasteiger partial charge on any atom is 0.414 e. The van der Waals surface area contributed by atoms with Gasteiger partial charge in [0.1, 0.15) is 5.75 Å². The van der Waals surface area contributed by atoms with Gasteiger partial charge < -0.3 is 14.7 Å². The third kappa shape index (κ3) is 4.55. The summed E-state index contributed by atoms with van der Waals surface area (Å²) in [5, 5.41) is 8.53. The van der Waals surface area contributed by atoms with E-state index in [1.165, 1.54) is 4.90 Å². The summed E-state index contributed by atoms with van der Waals surface area (Å²) in [6.07, 6.45) is 0.122. The molecule has 0 spiro atoms. The quantitative estimate of drug-likeness (QED) is 0.866. The summed E-state index contributed by atoms with van der Waals surface area (Å²) < 4.78 is 5.03. The molecule has 0 fully saturated rings. The number of carbonyl (C=O) groups excluding carboxylic acids is 1. The molecule has 5 heteroatoms. The Morgan fingerprint density at radius 2 is 1.82 bits per heavy atom. The summed E-state index contributed by atoms with van der Waals surface area (Å²) in [6, 6.07) is 6.81. The molecule has 92 valence electrons. The first kappa shape index (κ1) is 13.0. The Bertz CT molecular complexity index is 397. The van der Waals surface area contributed by atoms with E-state index in [4.69, 9.17) is 9.84 Å². The molecule has 0 saturated heterocycles. The minimum absolute atomic E-state index is 0.0941. The molecule has 1 aromatic rings. The third-order valence-corrected chi connectivity index (χ3v) is 2.12. The summed E-state index contributed by atoms with van der Waals surface area (Å²) >= 11 is 0. The van der Waals surface area contributed by atoms with Crippen molar-refractivity contribution in [1.82, 2.24) is 4.90 Å². The zero-order valence-electron chi connectivity index (χ0n) is 9.84. The molecule has 0 unspecified atom stereocenters. The van der Waals surface area contributed by atoms with Crippen molar-refractivity contribution >= 4 is 12.1 Å². The van der Waals surface area contributed by atoms with Crippen molar-refractivity contribution < 1.29 is 19.4 Å². The zero-order valence-corrected chi connectivity index (χ0v) is 9.84. The Labute approximate surface area is 99.6 Å². The van der Waals surface area contributed by atoms with Gasteiger partial charge in [-0.05, 0) is 24.1 Å². The predicted octanol–water partition coefficient (Wildman–Crippen LogP) is 1.76. The smallest absolute Gasteiger partial charge is 0.414 e. The lowest BCUT2D eigenvalue weighted by molar-refractivity contribution is -0.136. The van der Waals surface area contributed by atoms with Crippen LogP contribution in [0.5, 0.6) is 5.75 Å². The molecule has 0 aromatic heterocycles. The number of carboxylic acid groups (broad SMARTS) is 1. The van der Waals surface area contributed by atoms with Gasteiger partial charge in [-0.2, -0.15) is 0 Å². The molecule has 0 radical (unpaired) electrons. The summed E-state index contributed by atoms with van der Waals surface area (Å²) in [5.41, 5.74) is 0.900. The molecule has 0 atom stereocenters. The normalized spacial score (nSPS) is 9.76. The van der Waals surface area contributed by atoms with Crippen LogP contribution in [0.4, 0.5) is 4.79 Å². The van der Waals surface area contributed by atoms with Crippen LogP contribution in [0, 0.1) is 0 Å². The van der Waals surface area contributed by atoms with E-state index in [9.17, 15) is 9.59 Å². The number of rotatable bonds is 4. The van der Waals surface area contributed by atoms with Crippen LogP contribution in [-0.2, 0) is 11.2 Å². The van der Waals surface area contributed by atoms with Crippen molar-refractivity contribution in [3.63, 3.8) is 0 Å². The van der Waals surface area contributed by atoms with E-state index < -0.39 is 12.1 Å². The summed E-state index contributed by atoms with van der Waals surface area (Å²) in [6.45, 7) is 0. The van der Waals surface area contributed by atoms with Gasteiger partial charge in [0, 0.05) is 20.5 Å². The van der Waals surface area contributed by atoms with Crippen molar-refractivity contribution in [2.24, 2.45) is 0 Å². The molecule has 0 aliphatic rings. The van der Waals surface area contributed by atoms with Crippen molar-refractivity contribution in [2.75, 3.05) is 14.1 Å². The van der Waals surface area contributed by atoms with Gasteiger partial charge in [0.15, 0.2) is 0 Å². The van der Waals surface area contributed by atoms with Crippen LogP contribution in [-0.4, -0.2) is 36.2 Å². The second-order valence-electron chi connectivity index (χ2n) is 3.80. The number of aliphatic carboxylic acids is 1. The monoisotopic (exact) mass is 237 g/mol. The first-order chi connectivity index (χ1) is 7.99. The molecule has 1 N–H and O–H groups in total. The van der Waals surface area contributed by atoms with Crippen molar-refractivity contribution in [1.29, 1.82) is 0 Å². The largest absolute Gasteiger partial charge is 0.481 e. The molecule has 17 heavy (non-hydrogen) atoms. The topological polar surface area (TPSA) is 66.8 Å². The van der Waals surface area contributed by atoms with E-state index in [0.29, 0.717) is 12.2 Å². The minimum atomic E-state index is -0.826. The Hall–Kier alpha value is -2.04. The van der Waals surface area contributed by atoms with Gasteiger partial charge in [0.25, 0.3) is 0 Å². The van der Waals surface area contributed by atoms with Crippen molar-refractivity contribution in [3.05, 3.63) is 29.8 Å². The van der Waals surface area contributed by atoms with Gasteiger partial charge in [-0.15, -0.1) is 0 Å². The number of benzene rings is 1. The number of ether oxygens (including phenoxy) is 1. The molecule has 1 rings (SSSR count).